The predicted octanol–water partition coefficient (Wildman–Crippen LogP) is 19.5. The van der Waals surface area contributed by atoms with Crippen molar-refractivity contribution >= 4 is 5.91 Å². The van der Waals surface area contributed by atoms with Crippen LogP contribution in [0.5, 0.6) is 0 Å². The van der Waals surface area contributed by atoms with Gasteiger partial charge in [-0.2, -0.15) is 0 Å². The Labute approximate surface area is 418 Å². The zero-order chi connectivity index (χ0) is 48.5. The molecule has 0 aliphatic carbocycles. The van der Waals surface area contributed by atoms with Gasteiger partial charge in [-0.05, 0) is 70.6 Å². The van der Waals surface area contributed by atoms with Crippen LogP contribution >= 0.6 is 0 Å². The van der Waals surface area contributed by atoms with Crippen molar-refractivity contribution in [2.45, 2.75) is 302 Å². The van der Waals surface area contributed by atoms with Crippen LogP contribution in [0.4, 0.5) is 0 Å². The van der Waals surface area contributed by atoms with E-state index in [1.54, 1.807) is 0 Å². The molecule has 4 heteroatoms. The second kappa shape index (κ2) is 57.9. The van der Waals surface area contributed by atoms with Crippen LogP contribution in [0.2, 0.25) is 0 Å². The molecule has 0 radical (unpaired) electrons. The van der Waals surface area contributed by atoms with E-state index in [1.165, 1.54) is 180 Å². The van der Waals surface area contributed by atoms with E-state index in [4.69, 9.17) is 0 Å². The smallest absolute Gasteiger partial charge is 0.220 e. The third-order valence-electron chi connectivity index (χ3n) is 13.2. The first-order valence-corrected chi connectivity index (χ1v) is 29.3. The minimum atomic E-state index is -0.676. The van der Waals surface area contributed by atoms with Crippen LogP contribution in [-0.4, -0.2) is 34.9 Å². The molecule has 0 aromatic heterocycles. The van der Waals surface area contributed by atoms with Crippen molar-refractivity contribution in [3.63, 3.8) is 0 Å². The number of hydrogen-bond acceptors (Lipinski definition) is 3. The predicted molar refractivity (Wildman–Crippen MR) is 299 cm³/mol. The van der Waals surface area contributed by atoms with E-state index in [0.717, 1.165) is 83.5 Å². The number of aliphatic hydroxyl groups is 2. The van der Waals surface area contributed by atoms with Crippen molar-refractivity contribution in [3.05, 3.63) is 85.1 Å². The Morgan fingerprint density at radius 1 is 0.373 bits per heavy atom. The largest absolute Gasteiger partial charge is 0.394 e. The van der Waals surface area contributed by atoms with Crippen LogP contribution < -0.4 is 5.32 Å². The summed E-state index contributed by atoms with van der Waals surface area (Å²) in [6.45, 7) is 4.26. The molecule has 2 unspecified atom stereocenters. The van der Waals surface area contributed by atoms with E-state index in [2.05, 4.69) is 104 Å². The summed E-state index contributed by atoms with van der Waals surface area (Å²) in [5.74, 6) is -0.0502. The molecule has 0 spiro atoms. The maximum absolute atomic E-state index is 12.5. The van der Waals surface area contributed by atoms with Crippen LogP contribution in [0.15, 0.2) is 85.1 Å². The quantitative estimate of drug-likeness (QED) is 0.0420. The number of carbonyl (C=O) groups excluding carboxylic acids is 1. The van der Waals surface area contributed by atoms with Crippen molar-refractivity contribution in [2.75, 3.05) is 6.61 Å². The van der Waals surface area contributed by atoms with Gasteiger partial charge in [-0.3, -0.25) is 4.79 Å². The number of aliphatic hydroxyl groups excluding tert-OH is 2. The molecule has 0 rings (SSSR count). The molecule has 0 heterocycles. The number of allylic oxidation sites excluding steroid dienone is 14. The van der Waals surface area contributed by atoms with Gasteiger partial charge in [0, 0.05) is 6.42 Å². The van der Waals surface area contributed by atoms with Gasteiger partial charge in [0.1, 0.15) is 0 Å². The number of hydrogen-bond donors (Lipinski definition) is 3. The Bertz CT molecular complexity index is 1190. The molecule has 4 nitrogen and oxygen atoms in total. The van der Waals surface area contributed by atoms with Crippen molar-refractivity contribution < 1.29 is 15.0 Å². The number of carbonyl (C=O) groups is 1. The lowest BCUT2D eigenvalue weighted by atomic mass is 10.0. The first-order chi connectivity index (χ1) is 33.2. The zero-order valence-electron chi connectivity index (χ0n) is 44.7. The van der Waals surface area contributed by atoms with Crippen LogP contribution in [0.1, 0.15) is 290 Å². The van der Waals surface area contributed by atoms with Crippen LogP contribution in [0.3, 0.4) is 0 Å². The average molecular weight is 933 g/mol. The molecule has 0 aromatic carbocycles. The summed E-state index contributed by atoms with van der Waals surface area (Å²) >= 11 is 0. The molecule has 0 aliphatic heterocycles. The molecule has 0 fully saturated rings. The van der Waals surface area contributed by atoms with E-state index in [9.17, 15) is 15.0 Å². The minimum absolute atomic E-state index is 0.0502. The van der Waals surface area contributed by atoms with Crippen molar-refractivity contribution in [2.24, 2.45) is 0 Å². The third-order valence-corrected chi connectivity index (χ3v) is 13.2. The van der Waals surface area contributed by atoms with E-state index >= 15 is 0 Å². The molecule has 0 saturated heterocycles. The molecule has 0 saturated carbocycles. The Morgan fingerprint density at radius 2 is 0.657 bits per heavy atom. The standard InChI is InChI=1S/C63H113NO3/c1-3-5-7-9-11-13-15-17-19-21-23-25-27-29-31-33-34-36-38-40-42-44-46-48-50-52-54-56-58-62(66)61(60-65)64-63(67)59-57-55-53-51-49-47-45-43-41-39-37-35-32-30-28-26-24-22-20-18-16-14-12-10-8-6-4-2/h6,8,12,14,18,20,24,26,30,32,37,39,43,45,61-62,65-66H,3-5,7,9-11,13,15-17,19,21-23,25,27-29,31,33-36,38,40-42,44,46-60H2,1-2H3,(H,64,67)/b8-6-,14-12-,20-18-,26-24-,32-30-,39-37-,45-43-. The highest BCUT2D eigenvalue weighted by atomic mass is 16.3. The Kier molecular flexibility index (Phi) is 55.8. The molecule has 388 valence electrons. The lowest BCUT2D eigenvalue weighted by Crippen LogP contribution is -2.45. The summed E-state index contributed by atoms with van der Waals surface area (Å²) in [5, 5.41) is 23.4. The number of nitrogens with one attached hydrogen (secondary N) is 1. The highest BCUT2D eigenvalue weighted by Gasteiger charge is 2.20. The number of amides is 1. The maximum atomic E-state index is 12.5. The second-order valence-corrected chi connectivity index (χ2v) is 19.7. The summed E-state index contributed by atoms with van der Waals surface area (Å²) in [6, 6.07) is -0.555. The Hall–Kier alpha value is -2.43. The zero-order valence-corrected chi connectivity index (χ0v) is 44.7. The summed E-state index contributed by atoms with van der Waals surface area (Å²) < 4.78 is 0. The summed E-state index contributed by atoms with van der Waals surface area (Å²) in [7, 11) is 0. The van der Waals surface area contributed by atoms with Crippen molar-refractivity contribution in [1.82, 2.24) is 5.32 Å². The van der Waals surface area contributed by atoms with Crippen LogP contribution in [0.25, 0.3) is 0 Å². The van der Waals surface area contributed by atoms with Crippen molar-refractivity contribution in [3.8, 4) is 0 Å². The minimum Gasteiger partial charge on any atom is -0.394 e. The summed E-state index contributed by atoms with van der Waals surface area (Å²) in [4.78, 5) is 12.5. The monoisotopic (exact) mass is 932 g/mol. The first-order valence-electron chi connectivity index (χ1n) is 29.3. The van der Waals surface area contributed by atoms with Gasteiger partial charge < -0.3 is 15.5 Å². The van der Waals surface area contributed by atoms with Gasteiger partial charge in [-0.25, -0.2) is 0 Å². The highest BCUT2D eigenvalue weighted by Crippen LogP contribution is 2.17. The topological polar surface area (TPSA) is 69.6 Å². The summed E-state index contributed by atoms with van der Waals surface area (Å²) in [6.07, 6.45) is 84.3. The molecule has 1 amide bonds. The first kappa shape index (κ1) is 64.6. The van der Waals surface area contributed by atoms with Gasteiger partial charge in [0.25, 0.3) is 0 Å². The van der Waals surface area contributed by atoms with Gasteiger partial charge in [0.05, 0.1) is 18.8 Å². The fraction of sp³-hybridized carbons (Fsp3) is 0.762. The molecular weight excluding hydrogens is 819 g/mol. The fourth-order valence-corrected chi connectivity index (χ4v) is 8.76. The molecular formula is C63H113NO3. The molecule has 2 atom stereocenters. The van der Waals surface area contributed by atoms with Crippen LogP contribution in [0, 0.1) is 0 Å². The lowest BCUT2D eigenvalue weighted by Gasteiger charge is -2.22. The molecule has 0 bridgehead atoms. The fourth-order valence-electron chi connectivity index (χ4n) is 8.76. The SMILES string of the molecule is CC/C=C\C/C=C\C/C=C\C/C=C\C/C=C\C/C=C\C/C=C\CCCCCCCC(=O)NC(CO)C(O)CCCCCCCCCCCCCCCCCCCCCCCCCCCCCC. The van der Waals surface area contributed by atoms with E-state index in [0.29, 0.717) is 12.8 Å². The second-order valence-electron chi connectivity index (χ2n) is 19.7. The molecule has 3 N–H and O–H groups in total. The van der Waals surface area contributed by atoms with Gasteiger partial charge >= 0.3 is 0 Å². The molecule has 0 aliphatic rings. The maximum Gasteiger partial charge on any atom is 0.220 e. The van der Waals surface area contributed by atoms with E-state index < -0.39 is 12.1 Å². The molecule has 0 aromatic rings. The van der Waals surface area contributed by atoms with Gasteiger partial charge in [0.15, 0.2) is 0 Å². The highest BCUT2D eigenvalue weighted by molar-refractivity contribution is 5.76. The van der Waals surface area contributed by atoms with Gasteiger partial charge in [-0.1, -0.05) is 298 Å². The third kappa shape index (κ3) is 54.4. The normalized spacial score (nSPS) is 13.4. The molecule has 67 heavy (non-hydrogen) atoms. The number of rotatable bonds is 53. The van der Waals surface area contributed by atoms with Gasteiger partial charge in [-0.15, -0.1) is 0 Å². The Morgan fingerprint density at radius 3 is 0.985 bits per heavy atom. The van der Waals surface area contributed by atoms with Crippen LogP contribution in [-0.2, 0) is 4.79 Å². The average Bonchev–Trinajstić information content (AvgIpc) is 3.33. The van der Waals surface area contributed by atoms with Gasteiger partial charge in [0.2, 0.25) is 5.91 Å². The summed E-state index contributed by atoms with van der Waals surface area (Å²) in [5.41, 5.74) is 0. The Balaban J connectivity index is 3.53. The van der Waals surface area contributed by atoms with E-state index in [-0.39, 0.29) is 12.5 Å². The van der Waals surface area contributed by atoms with E-state index in [1.807, 2.05) is 0 Å². The van der Waals surface area contributed by atoms with Crippen molar-refractivity contribution in [1.29, 1.82) is 0 Å². The number of unbranched alkanes of at least 4 members (excludes halogenated alkanes) is 32. The lowest BCUT2D eigenvalue weighted by molar-refractivity contribution is -0.123.